The lowest BCUT2D eigenvalue weighted by molar-refractivity contribution is 0.316. The molecule has 3 heteroatoms. The highest BCUT2D eigenvalue weighted by molar-refractivity contribution is 5.37. The molecule has 2 heterocycles. The van der Waals surface area contributed by atoms with Crippen molar-refractivity contribution in [1.29, 1.82) is 0 Å². The van der Waals surface area contributed by atoms with Gasteiger partial charge in [0.25, 0.3) is 0 Å². The van der Waals surface area contributed by atoms with Crippen LogP contribution in [0.5, 0.6) is 0 Å². The molecule has 2 aliphatic rings. The van der Waals surface area contributed by atoms with E-state index < -0.39 is 0 Å². The molecule has 3 nitrogen and oxygen atoms in total. The second-order valence-corrected chi connectivity index (χ2v) is 5.20. The van der Waals surface area contributed by atoms with Crippen LogP contribution in [0.15, 0.2) is 4.42 Å². The van der Waals surface area contributed by atoms with Gasteiger partial charge in [0.1, 0.15) is 11.5 Å². The highest BCUT2D eigenvalue weighted by Crippen LogP contribution is 2.40. The SMILES string of the molecule is CN1Cc2oc(C3CCCC3)c(CN)c2C1. The Labute approximate surface area is 96.6 Å². The lowest BCUT2D eigenvalue weighted by atomic mass is 9.99. The van der Waals surface area contributed by atoms with E-state index in [-0.39, 0.29) is 0 Å². The Hall–Kier alpha value is -0.800. The summed E-state index contributed by atoms with van der Waals surface area (Å²) in [5.41, 5.74) is 8.60. The van der Waals surface area contributed by atoms with Crippen molar-refractivity contribution in [1.82, 2.24) is 4.90 Å². The fraction of sp³-hybridized carbons (Fsp3) is 0.692. The summed E-state index contributed by atoms with van der Waals surface area (Å²) in [6.45, 7) is 2.60. The Morgan fingerprint density at radius 2 is 2.06 bits per heavy atom. The van der Waals surface area contributed by atoms with Gasteiger partial charge in [-0.15, -0.1) is 0 Å². The van der Waals surface area contributed by atoms with Crippen molar-refractivity contribution in [2.75, 3.05) is 7.05 Å². The highest BCUT2D eigenvalue weighted by Gasteiger charge is 2.30. The summed E-state index contributed by atoms with van der Waals surface area (Å²) in [6, 6.07) is 0. The smallest absolute Gasteiger partial charge is 0.123 e. The van der Waals surface area contributed by atoms with Gasteiger partial charge in [0.2, 0.25) is 0 Å². The predicted octanol–water partition coefficient (Wildman–Crippen LogP) is 2.34. The van der Waals surface area contributed by atoms with Crippen LogP contribution in [0.2, 0.25) is 0 Å². The van der Waals surface area contributed by atoms with Gasteiger partial charge in [-0.2, -0.15) is 0 Å². The summed E-state index contributed by atoms with van der Waals surface area (Å²) < 4.78 is 6.08. The average Bonchev–Trinajstić information content (AvgIpc) is 2.90. The molecule has 1 aliphatic heterocycles. The molecule has 0 radical (unpaired) electrons. The van der Waals surface area contributed by atoms with Crippen molar-refractivity contribution in [3.8, 4) is 0 Å². The Balaban J connectivity index is 1.97. The molecule has 1 aromatic heterocycles. The Morgan fingerprint density at radius 1 is 1.31 bits per heavy atom. The molecule has 1 aliphatic carbocycles. The zero-order chi connectivity index (χ0) is 11.1. The van der Waals surface area contributed by atoms with Crippen molar-refractivity contribution in [3.63, 3.8) is 0 Å². The highest BCUT2D eigenvalue weighted by atomic mass is 16.3. The molecule has 1 aromatic rings. The van der Waals surface area contributed by atoms with Crippen LogP contribution in [-0.2, 0) is 19.6 Å². The van der Waals surface area contributed by atoms with Crippen molar-refractivity contribution < 1.29 is 4.42 Å². The molecule has 0 amide bonds. The summed E-state index contributed by atoms with van der Waals surface area (Å²) in [4.78, 5) is 2.28. The van der Waals surface area contributed by atoms with Crippen molar-refractivity contribution in [2.45, 2.75) is 51.2 Å². The first kappa shape index (κ1) is 10.4. The third kappa shape index (κ3) is 1.50. The third-order valence-electron chi connectivity index (χ3n) is 4.00. The Kier molecular flexibility index (Phi) is 2.52. The summed E-state index contributed by atoms with van der Waals surface area (Å²) in [7, 11) is 2.13. The van der Waals surface area contributed by atoms with Crippen molar-refractivity contribution in [2.24, 2.45) is 5.73 Å². The number of hydrogen-bond acceptors (Lipinski definition) is 3. The number of hydrogen-bond donors (Lipinski definition) is 1. The van der Waals surface area contributed by atoms with Crippen LogP contribution in [-0.4, -0.2) is 11.9 Å². The van der Waals surface area contributed by atoms with E-state index in [9.17, 15) is 0 Å². The van der Waals surface area contributed by atoms with Crippen LogP contribution in [0.3, 0.4) is 0 Å². The van der Waals surface area contributed by atoms with Crippen molar-refractivity contribution in [3.05, 3.63) is 22.6 Å². The first-order chi connectivity index (χ1) is 7.79. The average molecular weight is 220 g/mol. The quantitative estimate of drug-likeness (QED) is 0.832. The van der Waals surface area contributed by atoms with Crippen LogP contribution in [0, 0.1) is 0 Å². The maximum Gasteiger partial charge on any atom is 0.123 e. The molecule has 2 N–H and O–H groups in total. The number of nitrogens with two attached hydrogens (primary N) is 1. The topological polar surface area (TPSA) is 42.4 Å². The fourth-order valence-electron chi connectivity index (χ4n) is 3.20. The lowest BCUT2D eigenvalue weighted by Gasteiger charge is -2.11. The van der Waals surface area contributed by atoms with E-state index in [1.54, 1.807) is 0 Å². The molecule has 3 rings (SSSR count). The molecule has 1 saturated carbocycles. The minimum atomic E-state index is 0.637. The Bertz CT molecular complexity index is 391. The van der Waals surface area contributed by atoms with Crippen LogP contribution in [0.1, 0.15) is 54.2 Å². The first-order valence-corrected chi connectivity index (χ1v) is 6.31. The van der Waals surface area contributed by atoms with Crippen LogP contribution >= 0.6 is 0 Å². The van der Waals surface area contributed by atoms with Gasteiger partial charge < -0.3 is 10.2 Å². The maximum atomic E-state index is 6.08. The monoisotopic (exact) mass is 220 g/mol. The molecular weight excluding hydrogens is 200 g/mol. The normalized spacial score (nSPS) is 21.9. The Morgan fingerprint density at radius 3 is 2.75 bits per heavy atom. The molecular formula is C13H20N2O. The molecule has 1 fully saturated rings. The van der Waals surface area contributed by atoms with Crippen LogP contribution < -0.4 is 5.73 Å². The van der Waals surface area contributed by atoms with Gasteiger partial charge in [0, 0.05) is 30.1 Å². The van der Waals surface area contributed by atoms with Gasteiger partial charge in [-0.05, 0) is 19.9 Å². The zero-order valence-electron chi connectivity index (χ0n) is 9.96. The fourth-order valence-corrected chi connectivity index (χ4v) is 3.20. The second kappa shape index (κ2) is 3.90. The predicted molar refractivity (Wildman–Crippen MR) is 63.0 cm³/mol. The van der Waals surface area contributed by atoms with Gasteiger partial charge in [-0.3, -0.25) is 4.90 Å². The summed E-state index contributed by atoms with van der Waals surface area (Å²) in [5.74, 6) is 3.04. The summed E-state index contributed by atoms with van der Waals surface area (Å²) >= 11 is 0. The molecule has 0 unspecified atom stereocenters. The number of furan rings is 1. The molecule has 0 spiro atoms. The van der Waals surface area contributed by atoms with E-state index in [0.29, 0.717) is 12.5 Å². The van der Waals surface area contributed by atoms with Gasteiger partial charge in [0.05, 0.1) is 6.54 Å². The van der Waals surface area contributed by atoms with E-state index in [1.165, 1.54) is 48.3 Å². The number of rotatable bonds is 2. The standard InChI is InChI=1S/C13H20N2O/c1-15-7-11-10(6-14)13(16-12(11)8-15)9-4-2-3-5-9/h9H,2-8,14H2,1H3. The first-order valence-electron chi connectivity index (χ1n) is 6.31. The molecule has 16 heavy (non-hydrogen) atoms. The molecule has 0 atom stereocenters. The molecule has 88 valence electrons. The number of fused-ring (bicyclic) bond motifs is 1. The van der Waals surface area contributed by atoms with E-state index in [4.69, 9.17) is 10.2 Å². The van der Waals surface area contributed by atoms with E-state index in [1.807, 2.05) is 0 Å². The van der Waals surface area contributed by atoms with Crippen molar-refractivity contribution >= 4 is 0 Å². The number of nitrogens with zero attached hydrogens (tertiary/aromatic N) is 1. The summed E-state index contributed by atoms with van der Waals surface area (Å²) in [6.07, 6.45) is 5.27. The third-order valence-corrected chi connectivity index (χ3v) is 4.00. The summed E-state index contributed by atoms with van der Waals surface area (Å²) in [5, 5.41) is 0. The molecule has 0 aromatic carbocycles. The van der Waals surface area contributed by atoms with E-state index in [2.05, 4.69) is 11.9 Å². The molecule has 0 saturated heterocycles. The zero-order valence-corrected chi connectivity index (χ0v) is 9.96. The van der Waals surface area contributed by atoms with Gasteiger partial charge in [-0.1, -0.05) is 12.8 Å². The largest absolute Gasteiger partial charge is 0.464 e. The second-order valence-electron chi connectivity index (χ2n) is 5.20. The minimum Gasteiger partial charge on any atom is -0.464 e. The van der Waals surface area contributed by atoms with Gasteiger partial charge in [-0.25, -0.2) is 0 Å². The van der Waals surface area contributed by atoms with Crippen LogP contribution in [0.4, 0.5) is 0 Å². The van der Waals surface area contributed by atoms with Gasteiger partial charge in [0.15, 0.2) is 0 Å². The van der Waals surface area contributed by atoms with Gasteiger partial charge >= 0.3 is 0 Å². The van der Waals surface area contributed by atoms with E-state index in [0.717, 1.165) is 13.1 Å². The minimum absolute atomic E-state index is 0.637. The maximum absolute atomic E-state index is 6.08. The molecule has 0 bridgehead atoms. The van der Waals surface area contributed by atoms with E-state index >= 15 is 0 Å². The van der Waals surface area contributed by atoms with Crippen LogP contribution in [0.25, 0.3) is 0 Å². The lowest BCUT2D eigenvalue weighted by Crippen LogP contribution is -2.11.